The molecule has 0 amide bonds. The first kappa shape index (κ1) is 44.8. The van der Waals surface area contributed by atoms with Crippen LogP contribution < -0.4 is 4.90 Å². The molecule has 0 bridgehead atoms. The number of aromatic nitrogens is 1. The molecule has 2 heterocycles. The zero-order valence-corrected chi connectivity index (χ0v) is 43.0. The maximum atomic E-state index is 6.29. The van der Waals surface area contributed by atoms with Crippen molar-refractivity contribution < 1.29 is 4.42 Å². The number of rotatable bonds is 8. The van der Waals surface area contributed by atoms with Crippen molar-refractivity contribution in [3.8, 4) is 50.2 Å². The Morgan fingerprint density at radius 3 is 1.35 bits per heavy atom. The molecule has 0 N–H and O–H groups in total. The minimum atomic E-state index is 0.895. The first-order valence-electron chi connectivity index (χ1n) is 27.1. The van der Waals surface area contributed by atoms with Crippen molar-refractivity contribution in [2.75, 3.05) is 4.90 Å². The van der Waals surface area contributed by atoms with Gasteiger partial charge in [-0.25, -0.2) is 0 Å². The molecule has 16 rings (SSSR count). The van der Waals surface area contributed by atoms with Crippen molar-refractivity contribution >= 4 is 104 Å². The fourth-order valence-electron chi connectivity index (χ4n) is 12.6. The summed E-state index contributed by atoms with van der Waals surface area (Å²) >= 11 is 0. The summed E-state index contributed by atoms with van der Waals surface area (Å²) in [6, 6.07) is 106. The van der Waals surface area contributed by atoms with Gasteiger partial charge in [0.1, 0.15) is 11.2 Å². The Balaban J connectivity index is 0.822. The van der Waals surface area contributed by atoms with E-state index < -0.39 is 0 Å². The van der Waals surface area contributed by atoms with Gasteiger partial charge in [-0.1, -0.05) is 200 Å². The summed E-state index contributed by atoms with van der Waals surface area (Å²) in [5, 5.41) is 14.8. The summed E-state index contributed by atoms with van der Waals surface area (Å²) in [4.78, 5) is 2.36. The average Bonchev–Trinajstić information content (AvgIpc) is 4.33. The monoisotopic (exact) mass is 1000 g/mol. The Morgan fingerprint density at radius 1 is 0.253 bits per heavy atom. The first-order valence-corrected chi connectivity index (χ1v) is 27.1. The molecule has 3 heteroatoms. The summed E-state index contributed by atoms with van der Waals surface area (Å²) in [6.45, 7) is 0. The number of furan rings is 1. The van der Waals surface area contributed by atoms with Gasteiger partial charge in [0.2, 0.25) is 0 Å². The molecule has 0 unspecified atom stereocenters. The molecule has 0 aliphatic carbocycles. The molecular weight excluding hydrogens is 957 g/mol. The van der Waals surface area contributed by atoms with E-state index in [9.17, 15) is 0 Å². The third-order valence-electron chi connectivity index (χ3n) is 16.4. The van der Waals surface area contributed by atoms with Crippen LogP contribution in [0.15, 0.2) is 296 Å². The number of nitrogens with zero attached hydrogens (tertiary/aromatic N) is 2. The topological polar surface area (TPSA) is 21.3 Å². The van der Waals surface area contributed by atoms with Crippen LogP contribution in [0.2, 0.25) is 0 Å². The smallest absolute Gasteiger partial charge is 0.136 e. The van der Waals surface area contributed by atoms with Crippen LogP contribution in [-0.2, 0) is 0 Å². The van der Waals surface area contributed by atoms with Gasteiger partial charge in [-0.3, -0.25) is 0 Å². The summed E-state index contributed by atoms with van der Waals surface area (Å²) in [5.41, 5.74) is 17.9. The molecule has 79 heavy (non-hydrogen) atoms. The van der Waals surface area contributed by atoms with E-state index in [4.69, 9.17) is 4.42 Å². The lowest BCUT2D eigenvalue weighted by molar-refractivity contribution is 0.669. The van der Waals surface area contributed by atoms with Crippen LogP contribution in [-0.4, -0.2) is 4.57 Å². The number of hydrogen-bond acceptors (Lipinski definition) is 2. The maximum Gasteiger partial charge on any atom is 0.136 e. The van der Waals surface area contributed by atoms with Crippen molar-refractivity contribution in [2.45, 2.75) is 0 Å². The minimum absolute atomic E-state index is 0.895. The minimum Gasteiger partial charge on any atom is -0.456 e. The van der Waals surface area contributed by atoms with Crippen LogP contribution in [0.1, 0.15) is 0 Å². The molecule has 0 saturated carbocycles. The van der Waals surface area contributed by atoms with E-state index in [1.54, 1.807) is 0 Å². The summed E-state index contributed by atoms with van der Waals surface area (Å²) in [7, 11) is 0. The number of fused-ring (bicyclic) bond motifs is 13. The van der Waals surface area contributed by atoms with E-state index in [0.717, 1.165) is 66.9 Å². The molecule has 0 aliphatic rings. The van der Waals surface area contributed by atoms with Crippen molar-refractivity contribution in [2.24, 2.45) is 0 Å². The Morgan fingerprint density at radius 2 is 0.709 bits per heavy atom. The van der Waals surface area contributed by atoms with E-state index >= 15 is 0 Å². The first-order chi connectivity index (χ1) is 39.1. The second-order valence-electron chi connectivity index (χ2n) is 20.8. The Hall–Kier alpha value is -10.5. The number of anilines is 3. The molecule has 0 fully saturated rings. The van der Waals surface area contributed by atoms with E-state index in [-0.39, 0.29) is 0 Å². The summed E-state index contributed by atoms with van der Waals surface area (Å²) in [5.74, 6) is 0. The Bertz CT molecular complexity index is 5010. The van der Waals surface area contributed by atoms with Crippen molar-refractivity contribution in [1.29, 1.82) is 0 Å². The van der Waals surface area contributed by atoms with Crippen LogP contribution in [0.5, 0.6) is 0 Å². The zero-order chi connectivity index (χ0) is 52.0. The predicted octanol–water partition coefficient (Wildman–Crippen LogP) is 21.4. The van der Waals surface area contributed by atoms with Crippen LogP contribution in [0.4, 0.5) is 17.1 Å². The molecular formula is C76H48N2O. The van der Waals surface area contributed by atoms with Gasteiger partial charge in [0.05, 0.1) is 11.0 Å². The molecule has 2 aromatic heterocycles. The van der Waals surface area contributed by atoms with E-state index in [1.165, 1.54) is 87.1 Å². The standard InChI is InChI=1S/C76H48N2O/c1-2-13-49(14-3-1)51-27-35-58(36-28-51)77(60-39-31-53(32-40-60)62-22-12-24-75-76(62)68-21-10-11-23-74(68)79-75)59-37-29-52(30-38-59)56-33-43-72-70(46-56)71-47-57(55-26-25-50-15-4-5-16-54(50)45-55)34-44-73(71)78(72)61-41-42-67-65-19-7-6-17-63(65)64-18-8-9-20-66(64)69(67)48-61/h1-48H. The van der Waals surface area contributed by atoms with E-state index in [0.29, 0.717) is 0 Å². The molecule has 0 aliphatic heterocycles. The lowest BCUT2D eigenvalue weighted by Crippen LogP contribution is -2.09. The van der Waals surface area contributed by atoms with E-state index in [1.807, 2.05) is 12.1 Å². The lowest BCUT2D eigenvalue weighted by atomic mass is 9.94. The Labute approximate surface area is 456 Å². The third kappa shape index (κ3) is 7.43. The van der Waals surface area contributed by atoms with Gasteiger partial charge >= 0.3 is 0 Å². The highest BCUT2D eigenvalue weighted by Crippen LogP contribution is 2.44. The summed E-state index contributed by atoms with van der Waals surface area (Å²) < 4.78 is 8.76. The highest BCUT2D eigenvalue weighted by atomic mass is 16.3. The Kier molecular flexibility index (Phi) is 10.3. The molecule has 368 valence electrons. The molecule has 0 saturated heterocycles. The van der Waals surface area contributed by atoms with Crippen LogP contribution in [0.25, 0.3) is 137 Å². The van der Waals surface area contributed by atoms with Gasteiger partial charge in [0, 0.05) is 44.3 Å². The van der Waals surface area contributed by atoms with Crippen molar-refractivity contribution in [1.82, 2.24) is 4.57 Å². The SMILES string of the molecule is c1ccc(-c2ccc(N(c3ccc(-c4ccc5c(c4)c4cc(-c6ccc7ccccc7c6)ccc4n5-c4ccc5c6ccccc6c6ccccc6c5c4)cc3)c3ccc(-c4cccc5oc6ccccc6c45)cc3)cc2)cc1. The predicted molar refractivity (Wildman–Crippen MR) is 335 cm³/mol. The molecule has 3 nitrogen and oxygen atoms in total. The number of hydrogen-bond donors (Lipinski definition) is 0. The van der Waals surface area contributed by atoms with Crippen molar-refractivity contribution in [3.05, 3.63) is 291 Å². The van der Waals surface area contributed by atoms with Crippen LogP contribution >= 0.6 is 0 Å². The molecule has 0 radical (unpaired) electrons. The zero-order valence-electron chi connectivity index (χ0n) is 43.0. The maximum absolute atomic E-state index is 6.29. The fourth-order valence-corrected chi connectivity index (χ4v) is 12.6. The van der Waals surface area contributed by atoms with Gasteiger partial charge in [0.25, 0.3) is 0 Å². The van der Waals surface area contributed by atoms with Crippen LogP contribution in [0.3, 0.4) is 0 Å². The van der Waals surface area contributed by atoms with Gasteiger partial charge in [-0.05, 0) is 179 Å². The van der Waals surface area contributed by atoms with Gasteiger partial charge in [-0.2, -0.15) is 0 Å². The van der Waals surface area contributed by atoms with E-state index in [2.05, 4.69) is 289 Å². The molecule has 14 aromatic carbocycles. The number of benzene rings is 14. The van der Waals surface area contributed by atoms with Crippen molar-refractivity contribution in [3.63, 3.8) is 0 Å². The molecule has 0 spiro atoms. The normalized spacial score (nSPS) is 11.8. The molecule has 0 atom stereocenters. The molecule has 16 aromatic rings. The second-order valence-corrected chi connectivity index (χ2v) is 20.8. The van der Waals surface area contributed by atoms with Gasteiger partial charge in [0.15, 0.2) is 0 Å². The largest absolute Gasteiger partial charge is 0.456 e. The quantitative estimate of drug-likeness (QED) is 0.142. The van der Waals surface area contributed by atoms with Gasteiger partial charge < -0.3 is 13.9 Å². The highest BCUT2D eigenvalue weighted by Gasteiger charge is 2.20. The fraction of sp³-hybridized carbons (Fsp3) is 0. The highest BCUT2D eigenvalue weighted by molar-refractivity contribution is 6.26. The average molecular weight is 1010 g/mol. The third-order valence-corrected chi connectivity index (χ3v) is 16.4. The van der Waals surface area contributed by atoms with Gasteiger partial charge in [-0.15, -0.1) is 0 Å². The summed E-state index contributed by atoms with van der Waals surface area (Å²) in [6.07, 6.45) is 0. The number of para-hydroxylation sites is 1. The lowest BCUT2D eigenvalue weighted by Gasteiger charge is -2.26. The second kappa shape index (κ2) is 18.1. The van der Waals surface area contributed by atoms with Crippen LogP contribution in [0, 0.1) is 0 Å².